The van der Waals surface area contributed by atoms with Gasteiger partial charge in [-0.2, -0.15) is 13.2 Å². The average molecular weight is 290 g/mol. The van der Waals surface area contributed by atoms with Gasteiger partial charge in [-0.15, -0.1) is 0 Å². The van der Waals surface area contributed by atoms with Crippen molar-refractivity contribution < 1.29 is 22.4 Å². The van der Waals surface area contributed by atoms with Crippen LogP contribution >= 0.6 is 0 Å². The van der Waals surface area contributed by atoms with Gasteiger partial charge in [0, 0.05) is 24.7 Å². The Morgan fingerprint density at radius 2 is 2.00 bits per heavy atom. The molecule has 1 fully saturated rings. The van der Waals surface area contributed by atoms with E-state index in [4.69, 9.17) is 0 Å². The van der Waals surface area contributed by atoms with Crippen LogP contribution in [0.3, 0.4) is 0 Å². The summed E-state index contributed by atoms with van der Waals surface area (Å²) >= 11 is 0. The maximum absolute atomic E-state index is 13.1. The van der Waals surface area contributed by atoms with Gasteiger partial charge in [-0.3, -0.25) is 4.79 Å². The first-order valence-electron chi connectivity index (χ1n) is 6.26. The third-order valence-corrected chi connectivity index (χ3v) is 2.90. The minimum absolute atomic E-state index is 0.137. The number of carbonyl (C=O) groups excluding carboxylic acids is 1. The molecule has 1 saturated carbocycles. The van der Waals surface area contributed by atoms with Gasteiger partial charge in [-0.05, 0) is 31.0 Å². The molecule has 1 amide bonds. The van der Waals surface area contributed by atoms with Crippen LogP contribution < -0.4 is 10.6 Å². The topological polar surface area (TPSA) is 41.1 Å². The molecule has 0 aliphatic heterocycles. The van der Waals surface area contributed by atoms with Crippen molar-refractivity contribution in [2.24, 2.45) is 0 Å². The largest absolute Gasteiger partial charge is 0.419 e. The summed E-state index contributed by atoms with van der Waals surface area (Å²) in [7, 11) is 0. The summed E-state index contributed by atoms with van der Waals surface area (Å²) < 4.78 is 50.5. The van der Waals surface area contributed by atoms with Crippen molar-refractivity contribution >= 4 is 11.6 Å². The molecule has 1 aliphatic carbocycles. The van der Waals surface area contributed by atoms with Gasteiger partial charge in [0.05, 0.1) is 5.56 Å². The van der Waals surface area contributed by atoms with Crippen LogP contribution in [0.25, 0.3) is 0 Å². The molecule has 0 saturated heterocycles. The zero-order valence-corrected chi connectivity index (χ0v) is 10.6. The maximum Gasteiger partial charge on any atom is 0.419 e. The van der Waals surface area contributed by atoms with Gasteiger partial charge in [0.25, 0.3) is 0 Å². The zero-order chi connectivity index (χ0) is 14.8. The van der Waals surface area contributed by atoms with Crippen LogP contribution in [0.2, 0.25) is 0 Å². The Kier molecular flexibility index (Phi) is 4.15. The summed E-state index contributed by atoms with van der Waals surface area (Å²) in [6.45, 7) is 0.196. The number of alkyl halides is 3. The van der Waals surface area contributed by atoms with Crippen molar-refractivity contribution in [1.29, 1.82) is 0 Å². The minimum atomic E-state index is -4.73. The van der Waals surface area contributed by atoms with Crippen molar-refractivity contribution in [3.63, 3.8) is 0 Å². The first kappa shape index (κ1) is 14.6. The molecule has 0 radical (unpaired) electrons. The molecule has 110 valence electrons. The lowest BCUT2D eigenvalue weighted by Crippen LogP contribution is -2.27. The standard InChI is InChI=1S/C13H14F4N2O/c14-11-4-3-9(7-10(11)13(15,16)17)18-6-5-12(20)19-8-1-2-8/h3-4,7-8,18H,1-2,5-6H2,(H,19,20). The van der Waals surface area contributed by atoms with Crippen LogP contribution in [0.1, 0.15) is 24.8 Å². The van der Waals surface area contributed by atoms with Crippen LogP contribution in [0.15, 0.2) is 18.2 Å². The van der Waals surface area contributed by atoms with Gasteiger partial charge in [0.15, 0.2) is 0 Å². The smallest absolute Gasteiger partial charge is 0.385 e. The summed E-state index contributed by atoms with van der Waals surface area (Å²) in [6, 6.07) is 2.93. The van der Waals surface area contributed by atoms with E-state index in [0.29, 0.717) is 6.07 Å². The maximum atomic E-state index is 13.1. The fourth-order valence-corrected chi connectivity index (χ4v) is 1.70. The Hall–Kier alpha value is -1.79. The number of amides is 1. The first-order valence-corrected chi connectivity index (χ1v) is 6.26. The fourth-order valence-electron chi connectivity index (χ4n) is 1.70. The van der Waals surface area contributed by atoms with E-state index in [1.54, 1.807) is 0 Å². The normalized spacial score (nSPS) is 15.0. The first-order chi connectivity index (χ1) is 9.36. The Morgan fingerprint density at radius 1 is 1.30 bits per heavy atom. The number of hydrogen-bond acceptors (Lipinski definition) is 2. The summed E-state index contributed by atoms with van der Waals surface area (Å²) in [6.07, 6.45) is -2.61. The minimum Gasteiger partial charge on any atom is -0.385 e. The number of carbonyl (C=O) groups is 1. The quantitative estimate of drug-likeness (QED) is 0.819. The summed E-state index contributed by atoms with van der Waals surface area (Å²) in [4.78, 5) is 11.4. The van der Waals surface area contributed by atoms with Crippen LogP contribution in [0.4, 0.5) is 23.2 Å². The highest BCUT2D eigenvalue weighted by Gasteiger charge is 2.34. The molecule has 1 aromatic carbocycles. The number of benzene rings is 1. The van der Waals surface area contributed by atoms with Crippen molar-refractivity contribution in [3.8, 4) is 0 Å². The molecule has 3 nitrogen and oxygen atoms in total. The second-order valence-electron chi connectivity index (χ2n) is 4.71. The van der Waals surface area contributed by atoms with E-state index in [-0.39, 0.29) is 30.6 Å². The van der Waals surface area contributed by atoms with E-state index >= 15 is 0 Å². The Bertz CT molecular complexity index is 498. The van der Waals surface area contributed by atoms with E-state index < -0.39 is 17.6 Å². The van der Waals surface area contributed by atoms with E-state index in [2.05, 4.69) is 10.6 Å². The molecule has 2 rings (SSSR count). The molecule has 1 aromatic rings. The molecule has 2 N–H and O–H groups in total. The Balaban J connectivity index is 1.87. The van der Waals surface area contributed by atoms with E-state index in [1.807, 2.05) is 0 Å². The van der Waals surface area contributed by atoms with Crippen LogP contribution in [-0.2, 0) is 11.0 Å². The summed E-state index contributed by atoms with van der Waals surface area (Å²) in [5.74, 6) is -1.45. The molecule has 0 unspecified atom stereocenters. The van der Waals surface area contributed by atoms with E-state index in [0.717, 1.165) is 18.9 Å². The lowest BCUT2D eigenvalue weighted by molar-refractivity contribution is -0.140. The number of halogens is 4. The van der Waals surface area contributed by atoms with Gasteiger partial charge in [-0.25, -0.2) is 4.39 Å². The molecular formula is C13H14F4N2O. The van der Waals surface area contributed by atoms with Gasteiger partial charge >= 0.3 is 6.18 Å². The van der Waals surface area contributed by atoms with Crippen molar-refractivity contribution in [3.05, 3.63) is 29.6 Å². The Labute approximate surface area is 113 Å². The number of nitrogens with one attached hydrogen (secondary N) is 2. The molecule has 0 spiro atoms. The predicted molar refractivity (Wildman–Crippen MR) is 65.7 cm³/mol. The third kappa shape index (κ3) is 4.11. The van der Waals surface area contributed by atoms with Gasteiger partial charge < -0.3 is 10.6 Å². The van der Waals surface area contributed by atoms with E-state index in [1.165, 1.54) is 6.07 Å². The highest BCUT2D eigenvalue weighted by atomic mass is 19.4. The SMILES string of the molecule is O=C(CCNc1ccc(F)c(C(F)(F)F)c1)NC1CC1. The Morgan fingerprint density at radius 3 is 2.60 bits per heavy atom. The number of rotatable bonds is 5. The van der Waals surface area contributed by atoms with Gasteiger partial charge in [0.1, 0.15) is 5.82 Å². The van der Waals surface area contributed by atoms with Crippen LogP contribution in [0, 0.1) is 5.82 Å². The number of hydrogen-bond donors (Lipinski definition) is 2. The van der Waals surface area contributed by atoms with E-state index in [9.17, 15) is 22.4 Å². The van der Waals surface area contributed by atoms with Crippen LogP contribution in [0.5, 0.6) is 0 Å². The van der Waals surface area contributed by atoms with Crippen molar-refractivity contribution in [2.45, 2.75) is 31.5 Å². The van der Waals surface area contributed by atoms with Crippen molar-refractivity contribution in [1.82, 2.24) is 5.32 Å². The zero-order valence-electron chi connectivity index (χ0n) is 10.6. The van der Waals surface area contributed by atoms with Crippen molar-refractivity contribution in [2.75, 3.05) is 11.9 Å². The second kappa shape index (κ2) is 5.68. The lowest BCUT2D eigenvalue weighted by Gasteiger charge is -2.11. The predicted octanol–water partition coefficient (Wildman–Crippen LogP) is 2.93. The number of anilines is 1. The molecule has 0 heterocycles. The molecule has 7 heteroatoms. The second-order valence-corrected chi connectivity index (χ2v) is 4.71. The molecule has 1 aliphatic rings. The molecule has 0 aromatic heterocycles. The van der Waals surface area contributed by atoms with Gasteiger partial charge in [-0.1, -0.05) is 0 Å². The highest BCUT2D eigenvalue weighted by molar-refractivity contribution is 5.77. The molecular weight excluding hydrogens is 276 g/mol. The molecule has 0 atom stereocenters. The third-order valence-electron chi connectivity index (χ3n) is 2.90. The van der Waals surface area contributed by atoms with Gasteiger partial charge in [0.2, 0.25) is 5.91 Å². The molecule has 0 bridgehead atoms. The lowest BCUT2D eigenvalue weighted by atomic mass is 10.2. The summed E-state index contributed by atoms with van der Waals surface area (Å²) in [5, 5.41) is 5.45. The highest BCUT2D eigenvalue weighted by Crippen LogP contribution is 2.32. The monoisotopic (exact) mass is 290 g/mol. The fraction of sp³-hybridized carbons (Fsp3) is 0.462. The van der Waals surface area contributed by atoms with Crippen LogP contribution in [-0.4, -0.2) is 18.5 Å². The summed E-state index contributed by atoms with van der Waals surface area (Å²) in [5.41, 5.74) is -1.18. The average Bonchev–Trinajstić information content (AvgIpc) is 3.13. The molecule has 20 heavy (non-hydrogen) atoms.